The Morgan fingerprint density at radius 3 is 2.76 bits per heavy atom. The van der Waals surface area contributed by atoms with E-state index in [1.807, 2.05) is 73.0 Å². The monoisotopic (exact) mass is 457 g/mol. The average Bonchev–Trinajstić information content (AvgIpc) is 3.35. The fraction of sp³-hybridized carbons (Fsp3) is 0.115. The van der Waals surface area contributed by atoms with Crippen molar-refractivity contribution in [2.75, 3.05) is 19.0 Å². The molecule has 0 atom stereocenters. The van der Waals surface area contributed by atoms with Gasteiger partial charge in [-0.2, -0.15) is 0 Å². The first-order valence-electron chi connectivity index (χ1n) is 10.4. The van der Waals surface area contributed by atoms with Crippen molar-refractivity contribution in [1.29, 1.82) is 0 Å². The van der Waals surface area contributed by atoms with Crippen molar-refractivity contribution in [3.63, 3.8) is 0 Å². The maximum atomic E-state index is 12.5. The quantitative estimate of drug-likeness (QED) is 0.332. The van der Waals surface area contributed by atoms with Crippen LogP contribution in [0.3, 0.4) is 0 Å². The van der Waals surface area contributed by atoms with Gasteiger partial charge in [0.2, 0.25) is 5.91 Å². The van der Waals surface area contributed by atoms with Crippen LogP contribution in [-0.4, -0.2) is 29.6 Å². The van der Waals surface area contributed by atoms with Gasteiger partial charge in [-0.25, -0.2) is 4.98 Å². The molecule has 1 N–H and O–H groups in total. The molecule has 0 aliphatic carbocycles. The third-order valence-corrected chi connectivity index (χ3v) is 5.59. The molecule has 1 amide bonds. The third-order valence-electron chi connectivity index (χ3n) is 4.73. The van der Waals surface area contributed by atoms with Gasteiger partial charge in [-0.05, 0) is 55.0 Å². The lowest BCUT2D eigenvalue weighted by Gasteiger charge is -2.09. The van der Waals surface area contributed by atoms with Gasteiger partial charge in [0.1, 0.15) is 5.01 Å². The van der Waals surface area contributed by atoms with Crippen LogP contribution in [0.4, 0.5) is 5.69 Å². The van der Waals surface area contributed by atoms with E-state index in [2.05, 4.69) is 10.3 Å². The predicted molar refractivity (Wildman–Crippen MR) is 133 cm³/mol. The summed E-state index contributed by atoms with van der Waals surface area (Å²) >= 11 is 1.54. The molecule has 0 fully saturated rings. The van der Waals surface area contributed by atoms with Gasteiger partial charge in [0, 0.05) is 28.9 Å². The Morgan fingerprint density at radius 2 is 1.97 bits per heavy atom. The van der Waals surface area contributed by atoms with Crippen molar-refractivity contribution in [3.05, 3.63) is 83.9 Å². The highest BCUT2D eigenvalue weighted by molar-refractivity contribution is 7.13. The first kappa shape index (κ1) is 22.2. The Kier molecular flexibility index (Phi) is 7.12. The fourth-order valence-electron chi connectivity index (χ4n) is 3.19. The molecule has 4 aromatic rings. The number of ether oxygens (including phenoxy) is 2. The number of hydrogen-bond acceptors (Lipinski definition) is 6. The van der Waals surface area contributed by atoms with E-state index in [1.165, 1.54) is 17.4 Å². The number of anilines is 1. The summed E-state index contributed by atoms with van der Waals surface area (Å²) in [5.74, 6) is 1.07. The van der Waals surface area contributed by atoms with Gasteiger partial charge in [-0.15, -0.1) is 11.3 Å². The SMILES string of the molecule is CCOc1ccc(/C=C/C(=O)Nc2cccc(-c3csc(-c4ccccn4)n3)c2)cc1OC. The lowest BCUT2D eigenvalue weighted by atomic mass is 10.1. The Labute approximate surface area is 196 Å². The van der Waals surface area contributed by atoms with E-state index in [1.54, 1.807) is 19.4 Å². The molecule has 2 aromatic heterocycles. The molecule has 4 rings (SSSR count). The van der Waals surface area contributed by atoms with E-state index in [-0.39, 0.29) is 5.91 Å². The minimum Gasteiger partial charge on any atom is -0.493 e. The minimum atomic E-state index is -0.229. The Bertz CT molecular complexity index is 1270. The topological polar surface area (TPSA) is 73.3 Å². The first-order valence-corrected chi connectivity index (χ1v) is 11.3. The van der Waals surface area contributed by atoms with Gasteiger partial charge in [0.15, 0.2) is 11.5 Å². The molecule has 0 bridgehead atoms. The Morgan fingerprint density at radius 1 is 1.06 bits per heavy atom. The molecule has 33 heavy (non-hydrogen) atoms. The lowest BCUT2D eigenvalue weighted by Crippen LogP contribution is -2.07. The number of methoxy groups -OCH3 is 1. The molecule has 0 unspecified atom stereocenters. The van der Waals surface area contributed by atoms with Crippen molar-refractivity contribution in [1.82, 2.24) is 9.97 Å². The van der Waals surface area contributed by atoms with Crippen molar-refractivity contribution in [2.45, 2.75) is 6.92 Å². The van der Waals surface area contributed by atoms with Crippen molar-refractivity contribution in [2.24, 2.45) is 0 Å². The van der Waals surface area contributed by atoms with E-state index in [4.69, 9.17) is 14.5 Å². The number of carbonyl (C=O) groups is 1. The van der Waals surface area contributed by atoms with Gasteiger partial charge in [-0.1, -0.05) is 24.3 Å². The maximum absolute atomic E-state index is 12.5. The zero-order valence-electron chi connectivity index (χ0n) is 18.3. The zero-order chi connectivity index (χ0) is 23.0. The van der Waals surface area contributed by atoms with Crippen LogP contribution in [0, 0.1) is 0 Å². The predicted octanol–water partition coefficient (Wildman–Crippen LogP) is 5.93. The number of amides is 1. The minimum absolute atomic E-state index is 0.229. The summed E-state index contributed by atoms with van der Waals surface area (Å²) < 4.78 is 10.9. The van der Waals surface area contributed by atoms with Crippen LogP contribution in [0.5, 0.6) is 11.5 Å². The van der Waals surface area contributed by atoms with E-state index in [9.17, 15) is 4.79 Å². The summed E-state index contributed by atoms with van der Waals surface area (Å²) in [7, 11) is 1.59. The highest BCUT2D eigenvalue weighted by Crippen LogP contribution is 2.30. The van der Waals surface area contributed by atoms with E-state index in [0.717, 1.165) is 27.5 Å². The molecule has 0 aliphatic rings. The molecular formula is C26H23N3O3S. The van der Waals surface area contributed by atoms with Crippen molar-refractivity contribution >= 4 is 29.0 Å². The van der Waals surface area contributed by atoms with Gasteiger partial charge < -0.3 is 14.8 Å². The molecule has 7 heteroatoms. The number of carbonyl (C=O) groups excluding carboxylic acids is 1. The van der Waals surface area contributed by atoms with Crippen LogP contribution in [-0.2, 0) is 4.79 Å². The molecule has 2 aromatic carbocycles. The second-order valence-electron chi connectivity index (χ2n) is 7.00. The van der Waals surface area contributed by atoms with E-state index < -0.39 is 0 Å². The molecule has 0 radical (unpaired) electrons. The van der Waals surface area contributed by atoms with Crippen LogP contribution in [0.1, 0.15) is 12.5 Å². The maximum Gasteiger partial charge on any atom is 0.248 e. The number of pyridine rings is 1. The Balaban J connectivity index is 1.44. The van der Waals surface area contributed by atoms with Gasteiger partial charge in [0.25, 0.3) is 0 Å². The molecule has 0 saturated carbocycles. The summed E-state index contributed by atoms with van der Waals surface area (Å²) in [6, 6.07) is 18.9. The number of nitrogens with zero attached hydrogens (tertiary/aromatic N) is 2. The molecule has 0 spiro atoms. The average molecular weight is 458 g/mol. The second kappa shape index (κ2) is 10.6. The van der Waals surface area contributed by atoms with Crippen LogP contribution in [0.2, 0.25) is 0 Å². The summed E-state index contributed by atoms with van der Waals surface area (Å²) in [5.41, 5.74) is 4.14. The number of thiazole rings is 1. The number of benzene rings is 2. The van der Waals surface area contributed by atoms with Gasteiger partial charge >= 0.3 is 0 Å². The largest absolute Gasteiger partial charge is 0.493 e. The second-order valence-corrected chi connectivity index (χ2v) is 7.86. The lowest BCUT2D eigenvalue weighted by molar-refractivity contribution is -0.111. The third kappa shape index (κ3) is 5.64. The van der Waals surface area contributed by atoms with Crippen molar-refractivity contribution in [3.8, 4) is 33.5 Å². The number of nitrogens with one attached hydrogen (secondary N) is 1. The smallest absolute Gasteiger partial charge is 0.248 e. The number of aromatic nitrogens is 2. The first-order chi connectivity index (χ1) is 16.2. The van der Waals surface area contributed by atoms with Crippen LogP contribution >= 0.6 is 11.3 Å². The molecule has 6 nitrogen and oxygen atoms in total. The van der Waals surface area contributed by atoms with Crippen molar-refractivity contribution < 1.29 is 14.3 Å². The molecule has 0 aliphatic heterocycles. The Hall–Kier alpha value is -3.97. The van der Waals surface area contributed by atoms with Gasteiger partial charge in [0.05, 0.1) is 25.1 Å². The highest BCUT2D eigenvalue weighted by atomic mass is 32.1. The molecule has 0 saturated heterocycles. The zero-order valence-corrected chi connectivity index (χ0v) is 19.1. The summed E-state index contributed by atoms with van der Waals surface area (Å²) in [6.45, 7) is 2.47. The summed E-state index contributed by atoms with van der Waals surface area (Å²) in [5, 5.41) is 5.75. The standard InChI is InChI=1S/C26H23N3O3S/c1-3-32-23-12-10-18(15-24(23)31-2)11-13-25(30)28-20-8-6-7-19(16-20)22-17-33-26(29-22)21-9-4-5-14-27-21/h4-17H,3H2,1-2H3,(H,28,30)/b13-11+. The summed E-state index contributed by atoms with van der Waals surface area (Å²) in [4.78, 5) is 21.5. The van der Waals surface area contributed by atoms with Crippen LogP contribution < -0.4 is 14.8 Å². The van der Waals surface area contributed by atoms with E-state index >= 15 is 0 Å². The molecule has 2 heterocycles. The normalized spacial score (nSPS) is 10.8. The van der Waals surface area contributed by atoms with E-state index in [0.29, 0.717) is 23.8 Å². The number of hydrogen-bond donors (Lipinski definition) is 1. The van der Waals surface area contributed by atoms with Gasteiger partial charge in [-0.3, -0.25) is 9.78 Å². The molecular weight excluding hydrogens is 434 g/mol. The highest BCUT2D eigenvalue weighted by Gasteiger charge is 2.09. The summed E-state index contributed by atoms with van der Waals surface area (Å²) in [6.07, 6.45) is 4.98. The number of rotatable bonds is 8. The fourth-order valence-corrected chi connectivity index (χ4v) is 3.99. The molecule has 166 valence electrons. The van der Waals surface area contributed by atoms with Crippen LogP contribution in [0.15, 0.2) is 78.3 Å². The van der Waals surface area contributed by atoms with Crippen LogP contribution in [0.25, 0.3) is 28.0 Å².